The molecule has 7 aromatic rings. The van der Waals surface area contributed by atoms with Crippen molar-refractivity contribution in [2.24, 2.45) is 0 Å². The third kappa shape index (κ3) is 4.12. The molecule has 0 aliphatic carbocycles. The zero-order valence-electron chi connectivity index (χ0n) is 20.5. The highest BCUT2D eigenvalue weighted by molar-refractivity contribution is 6.08. The van der Waals surface area contributed by atoms with E-state index in [2.05, 4.69) is 59.6 Å². The molecular formula is C34H20F3NO. The fourth-order valence-corrected chi connectivity index (χ4v) is 5.16. The van der Waals surface area contributed by atoms with Gasteiger partial charge in [0, 0.05) is 22.5 Å². The molecule has 0 radical (unpaired) electrons. The molecule has 2 heterocycles. The zero-order valence-corrected chi connectivity index (χ0v) is 20.5. The van der Waals surface area contributed by atoms with Gasteiger partial charge in [-0.05, 0) is 75.0 Å². The van der Waals surface area contributed by atoms with E-state index in [1.165, 1.54) is 12.1 Å². The number of halogens is 3. The van der Waals surface area contributed by atoms with E-state index in [1.807, 2.05) is 36.4 Å². The van der Waals surface area contributed by atoms with E-state index in [0.717, 1.165) is 72.6 Å². The van der Waals surface area contributed by atoms with Crippen molar-refractivity contribution in [3.8, 4) is 33.4 Å². The summed E-state index contributed by atoms with van der Waals surface area (Å²) in [5.41, 5.74) is 6.61. The smallest absolute Gasteiger partial charge is 0.416 e. The summed E-state index contributed by atoms with van der Waals surface area (Å²) >= 11 is 0. The van der Waals surface area contributed by atoms with Gasteiger partial charge in [-0.15, -0.1) is 0 Å². The van der Waals surface area contributed by atoms with Gasteiger partial charge in [-0.2, -0.15) is 13.2 Å². The summed E-state index contributed by atoms with van der Waals surface area (Å²) in [6.07, 6.45) is -2.61. The maximum absolute atomic E-state index is 13.0. The first kappa shape index (κ1) is 23.2. The molecule has 5 heteroatoms. The van der Waals surface area contributed by atoms with Crippen molar-refractivity contribution in [1.82, 2.24) is 4.98 Å². The number of hydrogen-bond acceptors (Lipinski definition) is 2. The third-order valence-corrected chi connectivity index (χ3v) is 7.19. The van der Waals surface area contributed by atoms with Gasteiger partial charge in [0.2, 0.25) is 5.71 Å². The average Bonchev–Trinajstić information content (AvgIpc) is 3.35. The standard InChI is InChI=1S/C34H20F3NO/c35-34(36,37)28-16-14-22(15-17-28)26-13-9-23-8-12-25(19-27(23)20-26)21-6-10-24(11-7-21)29-3-1-4-30-31-5-2-18-38-33(31)39-32(29)30/h1-20H. The van der Waals surface area contributed by atoms with E-state index in [0.29, 0.717) is 5.71 Å². The quantitative estimate of drug-likeness (QED) is 0.234. The van der Waals surface area contributed by atoms with Crippen molar-refractivity contribution in [1.29, 1.82) is 0 Å². The molecule has 2 aromatic heterocycles. The lowest BCUT2D eigenvalue weighted by Crippen LogP contribution is -2.03. The predicted octanol–water partition coefficient (Wildman–Crippen LogP) is 10.2. The van der Waals surface area contributed by atoms with E-state index in [-0.39, 0.29) is 0 Å². The monoisotopic (exact) mass is 515 g/mol. The maximum atomic E-state index is 13.0. The topological polar surface area (TPSA) is 26.0 Å². The number of pyridine rings is 1. The minimum atomic E-state index is -4.35. The van der Waals surface area contributed by atoms with Crippen LogP contribution >= 0.6 is 0 Å². The Labute approximate surface area is 222 Å². The Morgan fingerprint density at radius 2 is 1.13 bits per heavy atom. The van der Waals surface area contributed by atoms with Crippen LogP contribution in [0.4, 0.5) is 13.2 Å². The van der Waals surface area contributed by atoms with E-state index < -0.39 is 11.7 Å². The number of aromatic nitrogens is 1. The summed E-state index contributed by atoms with van der Waals surface area (Å²) in [6.45, 7) is 0. The van der Waals surface area contributed by atoms with Gasteiger partial charge in [-0.3, -0.25) is 0 Å². The number of alkyl halides is 3. The minimum absolute atomic E-state index is 0.628. The molecule has 0 saturated heterocycles. The van der Waals surface area contributed by atoms with Crippen LogP contribution in [0.15, 0.2) is 126 Å². The first-order chi connectivity index (χ1) is 18.9. The SMILES string of the molecule is FC(F)(F)c1ccc(-c2ccc3ccc(-c4ccc(-c5cccc6c5oc5ncccc56)cc4)cc3c2)cc1. The highest BCUT2D eigenvalue weighted by Gasteiger charge is 2.30. The number of fused-ring (bicyclic) bond motifs is 4. The van der Waals surface area contributed by atoms with Gasteiger partial charge in [0.15, 0.2) is 0 Å². The van der Waals surface area contributed by atoms with Gasteiger partial charge >= 0.3 is 6.18 Å². The summed E-state index contributed by atoms with van der Waals surface area (Å²) in [6, 6.07) is 35.9. The largest absolute Gasteiger partial charge is 0.437 e. The van der Waals surface area contributed by atoms with Crippen LogP contribution in [0.5, 0.6) is 0 Å². The van der Waals surface area contributed by atoms with Gasteiger partial charge < -0.3 is 4.42 Å². The molecule has 0 aliphatic rings. The molecule has 0 atom stereocenters. The fourth-order valence-electron chi connectivity index (χ4n) is 5.16. The summed E-state index contributed by atoms with van der Waals surface area (Å²) in [5, 5.41) is 4.13. The lowest BCUT2D eigenvalue weighted by Gasteiger charge is -2.10. The second-order valence-corrected chi connectivity index (χ2v) is 9.57. The molecule has 0 saturated carbocycles. The summed E-state index contributed by atoms with van der Waals surface area (Å²) in [7, 11) is 0. The molecule has 0 spiro atoms. The normalized spacial score (nSPS) is 12.0. The number of para-hydroxylation sites is 1. The van der Waals surface area contributed by atoms with Gasteiger partial charge in [-0.25, -0.2) is 4.98 Å². The van der Waals surface area contributed by atoms with Crippen LogP contribution in [0, 0.1) is 0 Å². The van der Waals surface area contributed by atoms with Crippen LogP contribution in [0.1, 0.15) is 5.56 Å². The Morgan fingerprint density at radius 3 is 1.79 bits per heavy atom. The van der Waals surface area contributed by atoms with Crippen LogP contribution in [0.25, 0.3) is 66.2 Å². The van der Waals surface area contributed by atoms with E-state index in [4.69, 9.17) is 4.42 Å². The molecule has 0 N–H and O–H groups in total. The van der Waals surface area contributed by atoms with E-state index in [9.17, 15) is 13.2 Å². The first-order valence-corrected chi connectivity index (χ1v) is 12.5. The lowest BCUT2D eigenvalue weighted by molar-refractivity contribution is -0.137. The van der Waals surface area contributed by atoms with Crippen molar-refractivity contribution in [2.75, 3.05) is 0 Å². The van der Waals surface area contributed by atoms with Crippen molar-refractivity contribution in [2.45, 2.75) is 6.18 Å². The Bertz CT molecular complexity index is 1990. The summed E-state index contributed by atoms with van der Waals surface area (Å²) in [4.78, 5) is 4.36. The fraction of sp³-hybridized carbons (Fsp3) is 0.0294. The summed E-state index contributed by atoms with van der Waals surface area (Å²) < 4.78 is 45.0. The second-order valence-electron chi connectivity index (χ2n) is 9.57. The van der Waals surface area contributed by atoms with E-state index >= 15 is 0 Å². The second kappa shape index (κ2) is 8.84. The van der Waals surface area contributed by atoms with Crippen molar-refractivity contribution in [3.05, 3.63) is 127 Å². The van der Waals surface area contributed by atoms with Crippen LogP contribution in [0.3, 0.4) is 0 Å². The van der Waals surface area contributed by atoms with Crippen molar-refractivity contribution < 1.29 is 17.6 Å². The van der Waals surface area contributed by atoms with Crippen LogP contribution < -0.4 is 0 Å². The molecule has 0 amide bonds. The van der Waals surface area contributed by atoms with Crippen LogP contribution in [0.2, 0.25) is 0 Å². The average molecular weight is 516 g/mol. The van der Waals surface area contributed by atoms with Gasteiger partial charge in [0.05, 0.1) is 5.56 Å². The highest BCUT2D eigenvalue weighted by atomic mass is 19.4. The molecule has 0 fully saturated rings. The molecule has 7 rings (SSSR count). The maximum Gasteiger partial charge on any atom is 0.416 e. The Hall–Kier alpha value is -4.90. The van der Waals surface area contributed by atoms with Crippen molar-refractivity contribution >= 4 is 32.8 Å². The molecule has 0 aliphatic heterocycles. The first-order valence-electron chi connectivity index (χ1n) is 12.5. The number of nitrogens with zero attached hydrogens (tertiary/aromatic N) is 1. The highest BCUT2D eigenvalue weighted by Crippen LogP contribution is 2.36. The van der Waals surface area contributed by atoms with E-state index in [1.54, 1.807) is 6.20 Å². The Morgan fingerprint density at radius 1 is 0.538 bits per heavy atom. The number of furan rings is 1. The molecular weight excluding hydrogens is 495 g/mol. The summed E-state index contributed by atoms with van der Waals surface area (Å²) in [5.74, 6) is 0. The molecule has 5 aromatic carbocycles. The lowest BCUT2D eigenvalue weighted by atomic mass is 9.96. The molecule has 188 valence electrons. The number of rotatable bonds is 3. The number of benzene rings is 5. The van der Waals surface area contributed by atoms with Gasteiger partial charge in [0.25, 0.3) is 0 Å². The molecule has 0 unspecified atom stereocenters. The van der Waals surface area contributed by atoms with Crippen LogP contribution in [-0.4, -0.2) is 4.98 Å². The number of hydrogen-bond donors (Lipinski definition) is 0. The zero-order chi connectivity index (χ0) is 26.6. The van der Waals surface area contributed by atoms with Gasteiger partial charge in [0.1, 0.15) is 5.58 Å². The third-order valence-electron chi connectivity index (χ3n) is 7.19. The molecule has 2 nitrogen and oxygen atoms in total. The Kier molecular flexibility index (Phi) is 5.27. The Balaban J connectivity index is 1.23. The van der Waals surface area contributed by atoms with Crippen molar-refractivity contribution in [3.63, 3.8) is 0 Å². The van der Waals surface area contributed by atoms with Gasteiger partial charge in [-0.1, -0.05) is 78.9 Å². The molecule has 0 bridgehead atoms. The predicted molar refractivity (Wildman–Crippen MR) is 150 cm³/mol. The van der Waals surface area contributed by atoms with Crippen LogP contribution in [-0.2, 0) is 6.18 Å². The molecule has 39 heavy (non-hydrogen) atoms. The minimum Gasteiger partial charge on any atom is -0.437 e.